The van der Waals surface area contributed by atoms with E-state index in [0.29, 0.717) is 30.6 Å². The van der Waals surface area contributed by atoms with Gasteiger partial charge < -0.3 is 19.7 Å². The van der Waals surface area contributed by atoms with Crippen molar-refractivity contribution < 1.29 is 32.1 Å². The maximum atomic E-state index is 14.3. The number of rotatable bonds is 4. The second kappa shape index (κ2) is 13.9. The number of carbonyl (C=O) groups is 2. The molecule has 0 saturated heterocycles. The monoisotopic (exact) mass is 710 g/mol. The van der Waals surface area contributed by atoms with E-state index in [1.807, 2.05) is 13.0 Å². The summed E-state index contributed by atoms with van der Waals surface area (Å²) in [5, 5.41) is 2.48. The molecule has 8 atom stereocenters. The fourth-order valence-electron chi connectivity index (χ4n) is 8.53. The van der Waals surface area contributed by atoms with Crippen molar-refractivity contribution in [2.24, 2.45) is 28.0 Å². The number of hydrogen-bond donors (Lipinski definition) is 2. The fraction of sp³-hybridized carbons (Fsp3) is 0.579. The SMILES string of the molecule is CO[C@H]1/C=C/C[C@H](C)CS(=O)(NC(=O)N[C@@H]2C[C@H]2C(F)F)=NC(=O)c2ccc3c(c2)N(C[C@@H]2CC[C@H]21)C[C@@]1(CCCc2cc(C)ccc21)CO3. The quantitative estimate of drug-likeness (QED) is 0.347. The zero-order chi connectivity index (χ0) is 35.2. The van der Waals surface area contributed by atoms with Gasteiger partial charge in [-0.3, -0.25) is 9.52 Å². The summed E-state index contributed by atoms with van der Waals surface area (Å²) in [5.74, 6) is -0.589. The van der Waals surface area contributed by atoms with Crippen molar-refractivity contribution in [3.05, 3.63) is 70.8 Å². The van der Waals surface area contributed by atoms with E-state index in [-0.39, 0.29) is 35.2 Å². The average Bonchev–Trinajstić information content (AvgIpc) is 3.84. The average molecular weight is 711 g/mol. The first-order valence-electron chi connectivity index (χ1n) is 17.9. The number of nitrogens with one attached hydrogen (secondary N) is 2. The maximum absolute atomic E-state index is 14.3. The second-order valence-corrected chi connectivity index (χ2v) is 17.2. The van der Waals surface area contributed by atoms with Crippen LogP contribution in [0.5, 0.6) is 5.75 Å². The van der Waals surface area contributed by atoms with Gasteiger partial charge in [-0.05, 0) is 98.9 Å². The largest absolute Gasteiger partial charge is 0.490 e. The molecular weight excluding hydrogens is 663 g/mol. The van der Waals surface area contributed by atoms with Crippen LogP contribution in [0.1, 0.15) is 72.5 Å². The number of carbonyl (C=O) groups excluding carboxylic acids is 2. The van der Waals surface area contributed by atoms with Crippen molar-refractivity contribution in [1.82, 2.24) is 10.0 Å². The van der Waals surface area contributed by atoms with Gasteiger partial charge in [0.05, 0.1) is 24.2 Å². The number of nitrogens with zero attached hydrogens (tertiary/aromatic N) is 2. The summed E-state index contributed by atoms with van der Waals surface area (Å²) in [5.41, 5.74) is 4.74. The van der Waals surface area contributed by atoms with Crippen molar-refractivity contribution in [1.29, 1.82) is 0 Å². The number of alkyl halides is 2. The molecule has 5 aliphatic rings. The normalized spacial score (nSPS) is 34.3. The van der Waals surface area contributed by atoms with Crippen LogP contribution in [0.25, 0.3) is 0 Å². The lowest BCUT2D eigenvalue weighted by Crippen LogP contribution is -2.49. The van der Waals surface area contributed by atoms with Gasteiger partial charge in [0.25, 0.3) is 5.91 Å². The van der Waals surface area contributed by atoms with Gasteiger partial charge in [-0.2, -0.15) is 0 Å². The highest BCUT2D eigenvalue weighted by molar-refractivity contribution is 7.92. The van der Waals surface area contributed by atoms with E-state index in [0.717, 1.165) is 50.9 Å². The summed E-state index contributed by atoms with van der Waals surface area (Å²) in [7, 11) is -1.89. The smallest absolute Gasteiger partial charge is 0.327 e. The topological polar surface area (TPSA) is 109 Å². The number of ether oxygens (including phenoxy) is 2. The molecule has 2 aliphatic heterocycles. The number of allylic oxidation sites excluding steroid dienone is 1. The van der Waals surface area contributed by atoms with Gasteiger partial charge in [0.1, 0.15) is 15.7 Å². The van der Waals surface area contributed by atoms with Crippen LogP contribution in [-0.4, -0.2) is 67.3 Å². The van der Waals surface area contributed by atoms with Crippen molar-refractivity contribution in [2.45, 2.75) is 82.8 Å². The van der Waals surface area contributed by atoms with Gasteiger partial charge in [-0.15, -0.1) is 4.36 Å². The summed E-state index contributed by atoms with van der Waals surface area (Å²) in [4.78, 5) is 29.1. The van der Waals surface area contributed by atoms with Gasteiger partial charge in [-0.25, -0.2) is 17.8 Å². The predicted octanol–water partition coefficient (Wildman–Crippen LogP) is 6.58. The summed E-state index contributed by atoms with van der Waals surface area (Å²) in [6.07, 6.45) is 7.35. The number of benzene rings is 2. The Bertz CT molecular complexity index is 1790. The predicted molar refractivity (Wildman–Crippen MR) is 189 cm³/mol. The Labute approximate surface area is 293 Å². The zero-order valence-corrected chi connectivity index (χ0v) is 29.9. The van der Waals surface area contributed by atoms with Crippen LogP contribution in [0.2, 0.25) is 0 Å². The Morgan fingerprint density at radius 3 is 2.78 bits per heavy atom. The Morgan fingerprint density at radius 2 is 2.04 bits per heavy atom. The van der Waals surface area contributed by atoms with E-state index in [4.69, 9.17) is 9.47 Å². The molecule has 2 heterocycles. The highest BCUT2D eigenvalue weighted by Gasteiger charge is 2.46. The zero-order valence-electron chi connectivity index (χ0n) is 29.0. The minimum atomic E-state index is -3.63. The highest BCUT2D eigenvalue weighted by Crippen LogP contribution is 2.47. The first-order valence-corrected chi connectivity index (χ1v) is 19.6. The van der Waals surface area contributed by atoms with Crippen LogP contribution < -0.4 is 19.7 Å². The number of hydrogen-bond acceptors (Lipinski definition) is 6. The molecule has 2 aromatic carbocycles. The first kappa shape index (κ1) is 34.9. The summed E-state index contributed by atoms with van der Waals surface area (Å²) >= 11 is 0. The minimum absolute atomic E-state index is 0.0870. The number of urea groups is 1. The molecule has 270 valence electrons. The molecule has 3 amide bonds. The third-order valence-corrected chi connectivity index (χ3v) is 13.4. The number of halogens is 2. The summed E-state index contributed by atoms with van der Waals surface area (Å²) < 4.78 is 59.7. The number of methoxy groups -OCH3 is 1. The van der Waals surface area contributed by atoms with Gasteiger partial charge in [0, 0.05) is 43.1 Å². The molecule has 2 N–H and O–H groups in total. The minimum Gasteiger partial charge on any atom is -0.490 e. The number of fused-ring (bicyclic) bond motifs is 4. The van der Waals surface area contributed by atoms with Crippen molar-refractivity contribution >= 4 is 27.5 Å². The molecule has 2 saturated carbocycles. The molecule has 0 aromatic heterocycles. The number of aryl methyl sites for hydroxylation is 2. The highest BCUT2D eigenvalue weighted by atomic mass is 32.2. The van der Waals surface area contributed by atoms with Crippen molar-refractivity contribution in [3.8, 4) is 5.75 Å². The Morgan fingerprint density at radius 1 is 1.20 bits per heavy atom. The van der Waals surface area contributed by atoms with Gasteiger partial charge in [0.2, 0.25) is 6.43 Å². The summed E-state index contributed by atoms with van der Waals surface area (Å²) in [6.45, 7) is 6.01. The lowest BCUT2D eigenvalue weighted by Gasteiger charge is -2.46. The second-order valence-electron chi connectivity index (χ2n) is 15.2. The fourth-order valence-corrected chi connectivity index (χ4v) is 10.4. The van der Waals surface area contributed by atoms with Crippen molar-refractivity contribution in [2.75, 3.05) is 37.5 Å². The molecule has 3 aliphatic carbocycles. The molecule has 1 unspecified atom stereocenters. The van der Waals surface area contributed by atoms with Crippen LogP contribution in [0.15, 0.2) is 52.9 Å². The van der Waals surface area contributed by atoms with E-state index < -0.39 is 40.2 Å². The van der Waals surface area contributed by atoms with E-state index in [2.05, 4.69) is 50.5 Å². The standard InChI is InChI=1S/C38H48F2N4O5S/c1-23-9-13-30-25(16-23)7-5-15-38(30)21-44-19-27-10-12-28(27)33(48-3)8-4-6-24(2)20-50(47,43-37(46)41-31-18-29(31)35(39)40)42-36(45)26-11-14-34(49-22-38)32(44)17-26/h4,8-9,11,13-14,16-17,24,27-29,31,33,35H,5-7,10,12,15,18-22H2,1-3H3,(H2,41,42,43,45,46,47)/b8-4+/t24-,27-,28+,29+,31+,33-,38-,50?/m0/s1. The molecule has 0 radical (unpaired) electrons. The van der Waals surface area contributed by atoms with E-state index in [1.54, 1.807) is 25.3 Å². The maximum Gasteiger partial charge on any atom is 0.327 e. The van der Waals surface area contributed by atoms with Gasteiger partial charge in [-0.1, -0.05) is 42.8 Å². The summed E-state index contributed by atoms with van der Waals surface area (Å²) in [6, 6.07) is 10.4. The molecule has 9 nitrogen and oxygen atoms in total. The van der Waals surface area contributed by atoms with E-state index in [1.165, 1.54) is 16.7 Å². The van der Waals surface area contributed by atoms with Crippen LogP contribution in [0.4, 0.5) is 19.3 Å². The van der Waals surface area contributed by atoms with Crippen LogP contribution in [0, 0.1) is 30.6 Å². The van der Waals surface area contributed by atoms with Crippen LogP contribution in [-0.2, 0) is 26.5 Å². The molecule has 2 bridgehead atoms. The van der Waals surface area contributed by atoms with Gasteiger partial charge >= 0.3 is 6.03 Å². The lowest BCUT2D eigenvalue weighted by atomic mass is 9.68. The van der Waals surface area contributed by atoms with Gasteiger partial charge in [0.15, 0.2) is 0 Å². The molecule has 2 aromatic rings. The molecule has 1 spiro atoms. The van der Waals surface area contributed by atoms with E-state index in [9.17, 15) is 22.6 Å². The number of amides is 3. The molecule has 12 heteroatoms. The molecule has 50 heavy (non-hydrogen) atoms. The van der Waals surface area contributed by atoms with Crippen LogP contribution in [0.3, 0.4) is 0 Å². The Kier molecular flexibility index (Phi) is 9.71. The van der Waals surface area contributed by atoms with Crippen LogP contribution >= 0.6 is 0 Å². The Balaban J connectivity index is 1.26. The first-order chi connectivity index (χ1) is 24.0. The Hall–Kier alpha value is -3.51. The van der Waals surface area contributed by atoms with Crippen molar-refractivity contribution in [3.63, 3.8) is 0 Å². The molecular formula is C38H48F2N4O5S. The third-order valence-electron chi connectivity index (χ3n) is 11.4. The molecule has 7 rings (SSSR count). The lowest BCUT2D eigenvalue weighted by molar-refractivity contribution is 0.0131. The molecule has 2 fully saturated rings. The number of anilines is 1. The van der Waals surface area contributed by atoms with E-state index >= 15 is 0 Å². The third kappa shape index (κ3) is 7.15.